The molecule has 0 aromatic heterocycles. The lowest BCUT2D eigenvalue weighted by molar-refractivity contribution is 0.0950. The molecule has 1 amide bonds. The van der Waals surface area contributed by atoms with Gasteiger partial charge < -0.3 is 5.32 Å². The SMILES string of the molecule is CS(=O)(=O)c1cc(C(=O)NCc2ccc(F)cc2)ccc1Cl. The van der Waals surface area contributed by atoms with E-state index in [4.69, 9.17) is 11.6 Å². The number of hydrogen-bond acceptors (Lipinski definition) is 3. The van der Waals surface area contributed by atoms with E-state index in [-0.39, 0.29) is 27.8 Å². The van der Waals surface area contributed by atoms with Crippen molar-refractivity contribution < 1.29 is 17.6 Å². The molecule has 0 aliphatic rings. The van der Waals surface area contributed by atoms with E-state index >= 15 is 0 Å². The molecule has 4 nitrogen and oxygen atoms in total. The van der Waals surface area contributed by atoms with Gasteiger partial charge >= 0.3 is 0 Å². The molecule has 7 heteroatoms. The van der Waals surface area contributed by atoms with Gasteiger partial charge in [-0.3, -0.25) is 4.79 Å². The maximum atomic E-state index is 12.8. The molecule has 2 rings (SSSR count). The average Bonchev–Trinajstić information content (AvgIpc) is 2.45. The van der Waals surface area contributed by atoms with Gasteiger partial charge in [0.2, 0.25) is 0 Å². The van der Waals surface area contributed by atoms with Crippen molar-refractivity contribution in [1.29, 1.82) is 0 Å². The Labute approximate surface area is 132 Å². The number of nitrogens with one attached hydrogen (secondary N) is 1. The van der Waals surface area contributed by atoms with Gasteiger partial charge in [0.1, 0.15) is 5.82 Å². The zero-order valence-electron chi connectivity index (χ0n) is 11.6. The fraction of sp³-hybridized carbons (Fsp3) is 0.133. The molecule has 2 aromatic rings. The zero-order valence-corrected chi connectivity index (χ0v) is 13.2. The minimum atomic E-state index is -3.51. The molecule has 0 radical (unpaired) electrons. The topological polar surface area (TPSA) is 63.2 Å². The second-order valence-corrected chi connectivity index (χ2v) is 7.12. The Morgan fingerprint density at radius 1 is 1.18 bits per heavy atom. The molecule has 0 saturated heterocycles. The van der Waals surface area contributed by atoms with Gasteiger partial charge in [-0.2, -0.15) is 0 Å². The van der Waals surface area contributed by atoms with Crippen LogP contribution in [0, 0.1) is 5.82 Å². The number of amides is 1. The van der Waals surface area contributed by atoms with Crippen LogP contribution in [0.2, 0.25) is 5.02 Å². The molecule has 0 aliphatic carbocycles. The van der Waals surface area contributed by atoms with Crippen molar-refractivity contribution in [2.24, 2.45) is 0 Å². The van der Waals surface area contributed by atoms with Crippen LogP contribution in [0.15, 0.2) is 47.4 Å². The summed E-state index contributed by atoms with van der Waals surface area (Å²) in [5.41, 5.74) is 0.916. The quantitative estimate of drug-likeness (QED) is 0.930. The van der Waals surface area contributed by atoms with E-state index in [2.05, 4.69) is 5.32 Å². The van der Waals surface area contributed by atoms with Crippen LogP contribution >= 0.6 is 11.6 Å². The lowest BCUT2D eigenvalue weighted by atomic mass is 10.2. The standard InChI is InChI=1S/C15H13ClFNO3S/c1-22(20,21)14-8-11(4-7-13(14)16)15(19)18-9-10-2-5-12(17)6-3-10/h2-8H,9H2,1H3,(H,18,19). The highest BCUT2D eigenvalue weighted by molar-refractivity contribution is 7.90. The molecule has 116 valence electrons. The number of rotatable bonds is 4. The van der Waals surface area contributed by atoms with E-state index in [1.807, 2.05) is 0 Å². The summed E-state index contributed by atoms with van der Waals surface area (Å²) in [7, 11) is -3.51. The highest BCUT2D eigenvalue weighted by atomic mass is 35.5. The Hall–Kier alpha value is -1.92. The second kappa shape index (κ2) is 6.46. The summed E-state index contributed by atoms with van der Waals surface area (Å²) in [6.45, 7) is 0.204. The Kier molecular flexibility index (Phi) is 4.83. The smallest absolute Gasteiger partial charge is 0.251 e. The number of carbonyl (C=O) groups excluding carboxylic acids is 1. The van der Waals surface area contributed by atoms with E-state index in [9.17, 15) is 17.6 Å². The highest BCUT2D eigenvalue weighted by Crippen LogP contribution is 2.22. The molecular weight excluding hydrogens is 329 g/mol. The van der Waals surface area contributed by atoms with Crippen LogP contribution in [0.1, 0.15) is 15.9 Å². The van der Waals surface area contributed by atoms with E-state index in [0.717, 1.165) is 11.8 Å². The third-order valence-corrected chi connectivity index (χ3v) is 4.54. The van der Waals surface area contributed by atoms with E-state index < -0.39 is 15.7 Å². The normalized spacial score (nSPS) is 11.2. The minimum absolute atomic E-state index is 0.0672. The second-order valence-electron chi connectivity index (χ2n) is 4.73. The largest absolute Gasteiger partial charge is 0.348 e. The van der Waals surface area contributed by atoms with Crippen molar-refractivity contribution in [3.05, 3.63) is 64.4 Å². The Bertz CT molecular complexity index is 804. The summed E-state index contributed by atoms with van der Waals surface area (Å²) >= 11 is 5.83. The van der Waals surface area contributed by atoms with Crippen molar-refractivity contribution >= 4 is 27.3 Å². The van der Waals surface area contributed by atoms with Gasteiger partial charge in [-0.15, -0.1) is 0 Å². The third kappa shape index (κ3) is 4.05. The first-order chi connectivity index (χ1) is 10.3. The minimum Gasteiger partial charge on any atom is -0.348 e. The average molecular weight is 342 g/mol. The first kappa shape index (κ1) is 16.5. The molecule has 0 unspecified atom stereocenters. The van der Waals surface area contributed by atoms with Crippen molar-refractivity contribution in [3.63, 3.8) is 0 Å². The lowest BCUT2D eigenvalue weighted by Crippen LogP contribution is -2.23. The monoisotopic (exact) mass is 341 g/mol. The van der Waals surface area contributed by atoms with Gasteiger partial charge in [0, 0.05) is 18.4 Å². The van der Waals surface area contributed by atoms with Crippen molar-refractivity contribution in [2.45, 2.75) is 11.4 Å². The highest BCUT2D eigenvalue weighted by Gasteiger charge is 2.15. The van der Waals surface area contributed by atoms with E-state index in [0.29, 0.717) is 0 Å². The van der Waals surface area contributed by atoms with Crippen LogP contribution in [0.4, 0.5) is 4.39 Å². The van der Waals surface area contributed by atoms with Gasteiger partial charge in [-0.25, -0.2) is 12.8 Å². The van der Waals surface area contributed by atoms with Gasteiger partial charge in [-0.1, -0.05) is 23.7 Å². The molecule has 0 heterocycles. The maximum absolute atomic E-state index is 12.8. The Morgan fingerprint density at radius 3 is 2.41 bits per heavy atom. The molecule has 0 spiro atoms. The molecule has 0 atom stereocenters. The van der Waals surface area contributed by atoms with Crippen LogP contribution in [-0.4, -0.2) is 20.6 Å². The molecule has 0 saturated carbocycles. The molecule has 1 N–H and O–H groups in total. The van der Waals surface area contributed by atoms with Crippen LogP contribution in [0.25, 0.3) is 0 Å². The van der Waals surface area contributed by atoms with Gasteiger partial charge in [-0.05, 0) is 35.9 Å². The summed E-state index contributed by atoms with van der Waals surface area (Å²) in [5, 5.41) is 2.70. The van der Waals surface area contributed by atoms with Gasteiger partial charge in [0.05, 0.1) is 9.92 Å². The van der Waals surface area contributed by atoms with Crippen molar-refractivity contribution in [1.82, 2.24) is 5.32 Å². The Morgan fingerprint density at radius 2 is 1.82 bits per heavy atom. The van der Waals surface area contributed by atoms with Crippen LogP contribution in [0.3, 0.4) is 0 Å². The predicted molar refractivity (Wildman–Crippen MR) is 82.1 cm³/mol. The molecule has 0 fully saturated rings. The fourth-order valence-corrected chi connectivity index (χ4v) is 3.12. The summed E-state index contributed by atoms with van der Waals surface area (Å²) in [6, 6.07) is 9.75. The summed E-state index contributed by atoms with van der Waals surface area (Å²) in [4.78, 5) is 12.0. The number of halogens is 2. The number of carbonyl (C=O) groups is 1. The number of benzene rings is 2. The maximum Gasteiger partial charge on any atom is 0.251 e. The Balaban J connectivity index is 2.15. The molecule has 22 heavy (non-hydrogen) atoms. The van der Waals surface area contributed by atoms with Crippen LogP contribution < -0.4 is 5.32 Å². The summed E-state index contributed by atoms with van der Waals surface area (Å²) < 4.78 is 36.0. The summed E-state index contributed by atoms with van der Waals surface area (Å²) in [5.74, 6) is -0.795. The third-order valence-electron chi connectivity index (χ3n) is 2.96. The van der Waals surface area contributed by atoms with E-state index in [1.165, 1.54) is 30.3 Å². The number of hydrogen-bond donors (Lipinski definition) is 1. The lowest BCUT2D eigenvalue weighted by Gasteiger charge is -2.08. The van der Waals surface area contributed by atoms with Crippen molar-refractivity contribution in [3.8, 4) is 0 Å². The zero-order chi connectivity index (χ0) is 16.3. The molecule has 0 aliphatic heterocycles. The summed E-state index contributed by atoms with van der Waals surface area (Å²) in [6.07, 6.45) is 1.02. The van der Waals surface area contributed by atoms with Crippen LogP contribution in [0.5, 0.6) is 0 Å². The first-order valence-electron chi connectivity index (χ1n) is 6.29. The van der Waals surface area contributed by atoms with Crippen molar-refractivity contribution in [2.75, 3.05) is 6.26 Å². The fourth-order valence-electron chi connectivity index (χ4n) is 1.82. The van der Waals surface area contributed by atoms with Crippen LogP contribution in [-0.2, 0) is 16.4 Å². The molecule has 0 bridgehead atoms. The van der Waals surface area contributed by atoms with E-state index in [1.54, 1.807) is 12.1 Å². The molecule has 2 aromatic carbocycles. The molecular formula is C15H13ClFNO3S. The van der Waals surface area contributed by atoms with Gasteiger partial charge in [0.25, 0.3) is 5.91 Å². The van der Waals surface area contributed by atoms with Gasteiger partial charge in [0.15, 0.2) is 9.84 Å². The predicted octanol–water partition coefficient (Wildman–Crippen LogP) is 2.81. The first-order valence-corrected chi connectivity index (χ1v) is 8.56. The number of sulfone groups is 1.